The molecule has 1 aromatic rings. The molecule has 3 heteroatoms. The van der Waals surface area contributed by atoms with Gasteiger partial charge in [0.25, 0.3) is 0 Å². The molecule has 0 atom stereocenters. The molecule has 0 fully saturated rings. The van der Waals surface area contributed by atoms with E-state index in [2.05, 4.69) is 19.1 Å². The molecule has 2 nitrogen and oxygen atoms in total. The van der Waals surface area contributed by atoms with Gasteiger partial charge in [-0.1, -0.05) is 62.6 Å². The van der Waals surface area contributed by atoms with Crippen molar-refractivity contribution in [2.75, 3.05) is 0 Å². The van der Waals surface area contributed by atoms with Gasteiger partial charge in [0.1, 0.15) is 0 Å². The number of rotatable bonds is 8. The molecule has 1 rings (SSSR count). The summed E-state index contributed by atoms with van der Waals surface area (Å²) in [5.41, 5.74) is 2.00. The average molecular weight is 288 g/mol. The molecule has 0 aromatic heterocycles. The maximum atomic E-state index is 10.5. The first-order valence-electron chi connectivity index (χ1n) is 6.90. The van der Waals surface area contributed by atoms with Gasteiger partial charge in [-0.2, -0.15) is 0 Å². The third-order valence-electron chi connectivity index (χ3n) is 2.92. The largest absolute Gasteiger partial charge is 0.478 e. The third-order valence-corrected chi connectivity index (χ3v) is 2.92. The van der Waals surface area contributed by atoms with Crippen molar-refractivity contribution in [3.05, 3.63) is 47.5 Å². The summed E-state index contributed by atoms with van der Waals surface area (Å²) in [7, 11) is 0. The molecular weight excluding hydrogens is 263 g/mol. The number of carboxylic acid groups (broad SMARTS) is 1. The van der Waals surface area contributed by atoms with E-state index in [4.69, 9.17) is 5.11 Å². The zero-order valence-corrected chi connectivity index (χ0v) is 11.5. The van der Waals surface area contributed by atoms with Gasteiger partial charge in [-0.3, -0.25) is 0 Å². The maximum Gasteiger partial charge on any atom is 0.328 e. The SMILES string of the molecule is CCCCCC/C=C/c1ccccc1/C=C/C(=O)O.[AlH3]. The number of aliphatic carboxylic acids is 1. The van der Waals surface area contributed by atoms with Crippen LogP contribution in [-0.2, 0) is 4.79 Å². The molecule has 0 radical (unpaired) electrons. The predicted octanol–water partition coefficient (Wildman–Crippen LogP) is 3.58. The molecule has 0 amide bonds. The van der Waals surface area contributed by atoms with Crippen molar-refractivity contribution < 1.29 is 9.90 Å². The normalized spacial score (nSPS) is 10.8. The van der Waals surface area contributed by atoms with E-state index in [0.717, 1.165) is 17.5 Å². The Morgan fingerprint density at radius 3 is 2.35 bits per heavy atom. The van der Waals surface area contributed by atoms with Gasteiger partial charge in [-0.05, 0) is 30.0 Å². The molecule has 0 saturated carbocycles. The van der Waals surface area contributed by atoms with Crippen molar-refractivity contribution in [3.63, 3.8) is 0 Å². The summed E-state index contributed by atoms with van der Waals surface area (Å²) in [5.74, 6) is -0.918. The van der Waals surface area contributed by atoms with Crippen LogP contribution in [0.3, 0.4) is 0 Å². The van der Waals surface area contributed by atoms with Crippen LogP contribution in [0.5, 0.6) is 0 Å². The van der Waals surface area contributed by atoms with Crippen molar-refractivity contribution >= 4 is 35.5 Å². The Hall–Kier alpha value is -1.30. The zero-order valence-electron chi connectivity index (χ0n) is 11.5. The molecule has 1 aromatic carbocycles. The fourth-order valence-electron chi connectivity index (χ4n) is 1.87. The molecular formula is C17H25AlO2. The molecule has 20 heavy (non-hydrogen) atoms. The second-order valence-corrected chi connectivity index (χ2v) is 4.55. The topological polar surface area (TPSA) is 37.3 Å². The maximum absolute atomic E-state index is 10.5. The van der Waals surface area contributed by atoms with E-state index >= 15 is 0 Å². The highest BCUT2D eigenvalue weighted by Crippen LogP contribution is 2.13. The average Bonchev–Trinajstić information content (AvgIpc) is 2.41. The van der Waals surface area contributed by atoms with E-state index in [1.54, 1.807) is 6.08 Å². The van der Waals surface area contributed by atoms with Gasteiger partial charge in [-0.25, -0.2) is 4.79 Å². The second kappa shape index (κ2) is 11.5. The number of benzene rings is 1. The van der Waals surface area contributed by atoms with Crippen molar-refractivity contribution in [1.82, 2.24) is 0 Å². The van der Waals surface area contributed by atoms with Crippen molar-refractivity contribution in [2.24, 2.45) is 0 Å². The van der Waals surface area contributed by atoms with Crippen LogP contribution in [0.4, 0.5) is 0 Å². The van der Waals surface area contributed by atoms with Crippen molar-refractivity contribution in [3.8, 4) is 0 Å². The summed E-state index contributed by atoms with van der Waals surface area (Å²) in [6.07, 6.45) is 13.2. The predicted molar refractivity (Wildman–Crippen MR) is 90.8 cm³/mol. The summed E-state index contributed by atoms with van der Waals surface area (Å²) >= 11 is 0. The number of hydrogen-bond acceptors (Lipinski definition) is 1. The summed E-state index contributed by atoms with van der Waals surface area (Å²) in [4.78, 5) is 10.5. The Morgan fingerprint density at radius 2 is 1.75 bits per heavy atom. The third kappa shape index (κ3) is 7.99. The number of carbonyl (C=O) groups is 1. The van der Waals surface area contributed by atoms with Crippen LogP contribution in [0.15, 0.2) is 36.4 Å². The van der Waals surface area contributed by atoms with E-state index in [-0.39, 0.29) is 17.4 Å². The number of unbranched alkanes of at least 4 members (excludes halogenated alkanes) is 4. The number of carboxylic acids is 1. The van der Waals surface area contributed by atoms with Crippen molar-refractivity contribution in [2.45, 2.75) is 39.0 Å². The zero-order chi connectivity index (χ0) is 13.9. The second-order valence-electron chi connectivity index (χ2n) is 4.55. The van der Waals surface area contributed by atoms with Gasteiger partial charge in [0.15, 0.2) is 17.4 Å². The molecule has 0 aliphatic heterocycles. The standard InChI is InChI=1S/C17H22O2.Al.3H/c1-2-3-4-5-6-7-10-15-11-8-9-12-16(15)13-14-17(18)19;;;;/h7-14H,2-6H2,1H3,(H,18,19);;;;/b10-7+,14-13+;;;;. The number of allylic oxidation sites excluding steroid dienone is 1. The Labute approximate surface area is 132 Å². The summed E-state index contributed by atoms with van der Waals surface area (Å²) in [6, 6.07) is 7.81. The Morgan fingerprint density at radius 1 is 1.10 bits per heavy atom. The minimum Gasteiger partial charge on any atom is -0.478 e. The first-order valence-corrected chi connectivity index (χ1v) is 6.90. The van der Waals surface area contributed by atoms with Crippen molar-refractivity contribution in [1.29, 1.82) is 0 Å². The van der Waals surface area contributed by atoms with Gasteiger partial charge in [-0.15, -0.1) is 0 Å². The van der Waals surface area contributed by atoms with Crippen LogP contribution >= 0.6 is 0 Å². The number of hydrogen-bond donors (Lipinski definition) is 1. The lowest BCUT2D eigenvalue weighted by Crippen LogP contribution is -1.87. The lowest BCUT2D eigenvalue weighted by Gasteiger charge is -2.00. The van der Waals surface area contributed by atoms with Crippen LogP contribution in [-0.4, -0.2) is 28.4 Å². The van der Waals surface area contributed by atoms with Gasteiger partial charge >= 0.3 is 5.97 Å². The molecule has 1 N–H and O–H groups in total. The van der Waals surface area contributed by atoms with Gasteiger partial charge in [0.05, 0.1) is 0 Å². The molecule has 0 aliphatic carbocycles. The van der Waals surface area contributed by atoms with Crippen LogP contribution in [0.2, 0.25) is 0 Å². The van der Waals surface area contributed by atoms with Crippen LogP contribution in [0.1, 0.15) is 50.2 Å². The highest BCUT2D eigenvalue weighted by atomic mass is 27.0. The molecule has 0 heterocycles. The van der Waals surface area contributed by atoms with E-state index in [0.29, 0.717) is 0 Å². The highest BCUT2D eigenvalue weighted by molar-refractivity contribution is 5.86. The lowest BCUT2D eigenvalue weighted by atomic mass is 10.1. The summed E-state index contributed by atoms with van der Waals surface area (Å²) < 4.78 is 0. The Balaban J connectivity index is 0.00000361. The molecule has 0 aliphatic rings. The van der Waals surface area contributed by atoms with Gasteiger partial charge < -0.3 is 5.11 Å². The van der Waals surface area contributed by atoms with E-state index in [1.165, 1.54) is 31.8 Å². The minimum absolute atomic E-state index is 0. The van der Waals surface area contributed by atoms with E-state index in [1.807, 2.05) is 24.3 Å². The molecule has 108 valence electrons. The molecule has 0 saturated heterocycles. The van der Waals surface area contributed by atoms with Gasteiger partial charge in [0, 0.05) is 6.08 Å². The van der Waals surface area contributed by atoms with Crippen LogP contribution < -0.4 is 0 Å². The first-order chi connectivity index (χ1) is 9.24. The monoisotopic (exact) mass is 288 g/mol. The molecule has 0 bridgehead atoms. The Kier molecular flexibility index (Phi) is 10.8. The quantitative estimate of drug-likeness (QED) is 0.451. The first kappa shape index (κ1) is 18.7. The molecule has 0 spiro atoms. The smallest absolute Gasteiger partial charge is 0.328 e. The molecule has 0 unspecified atom stereocenters. The fraction of sp³-hybridized carbons (Fsp3) is 0.353. The van der Waals surface area contributed by atoms with Gasteiger partial charge in [0.2, 0.25) is 0 Å². The summed E-state index contributed by atoms with van der Waals surface area (Å²) in [6.45, 7) is 2.21. The van der Waals surface area contributed by atoms with Crippen LogP contribution in [0.25, 0.3) is 12.2 Å². The van der Waals surface area contributed by atoms with E-state index < -0.39 is 5.97 Å². The highest BCUT2D eigenvalue weighted by Gasteiger charge is 1.95. The fourth-order valence-corrected chi connectivity index (χ4v) is 1.87. The van der Waals surface area contributed by atoms with Crippen LogP contribution in [0, 0.1) is 0 Å². The summed E-state index contributed by atoms with van der Waals surface area (Å²) in [5, 5.41) is 8.66. The Bertz CT molecular complexity index is 450. The van der Waals surface area contributed by atoms with E-state index in [9.17, 15) is 4.79 Å². The minimum atomic E-state index is -0.918. The lowest BCUT2D eigenvalue weighted by molar-refractivity contribution is -0.131.